The average molecular weight is 543 g/mol. The summed E-state index contributed by atoms with van der Waals surface area (Å²) in [6, 6.07) is 0. The Kier molecular flexibility index (Phi) is 7.05. The minimum Gasteiger partial charge on any atom is -0.462 e. The van der Waals surface area contributed by atoms with Gasteiger partial charge >= 0.3 is 23.9 Å². The zero-order valence-corrected chi connectivity index (χ0v) is 22.6. The van der Waals surface area contributed by atoms with E-state index in [9.17, 15) is 19.2 Å². The van der Waals surface area contributed by atoms with E-state index in [1.807, 2.05) is 19.9 Å². The Hall–Kier alpha value is -3.24. The second-order valence-electron chi connectivity index (χ2n) is 11.2. The molecule has 39 heavy (non-hydrogen) atoms. The minimum atomic E-state index is -0.928. The third-order valence-corrected chi connectivity index (χ3v) is 9.01. The van der Waals surface area contributed by atoms with E-state index in [0.29, 0.717) is 31.4 Å². The Morgan fingerprint density at radius 3 is 2.41 bits per heavy atom. The first kappa shape index (κ1) is 27.3. The van der Waals surface area contributed by atoms with Crippen LogP contribution >= 0.6 is 0 Å². The van der Waals surface area contributed by atoms with Gasteiger partial charge in [-0.2, -0.15) is 0 Å². The lowest BCUT2D eigenvalue weighted by molar-refractivity contribution is -0.239. The number of epoxide rings is 1. The standard InChI is InChI=1S/C29H34O10/c1-17-9-10-34-24(31)7-5-6-8-25(32)39-21-13-23-29(16-36-29)27(21,4)28(15-35-26(33)11-17)14-20(37-19(3)30)18(2)12-22(28)38-23/h5-8,11-12,20-23H,9-10,13-16H2,1-4H3/b7-5+,8-6-,17-11+/t20-,21+,22+,23+,27+,28+,29?/m0/s1. The van der Waals surface area contributed by atoms with Gasteiger partial charge < -0.3 is 28.4 Å². The lowest BCUT2D eigenvalue weighted by Gasteiger charge is -2.59. The number of hydrogen-bond donors (Lipinski definition) is 0. The number of rotatable bonds is 1. The number of cyclic esters (lactones) is 2. The van der Waals surface area contributed by atoms with Crippen molar-refractivity contribution in [2.45, 2.75) is 77.0 Å². The molecule has 2 bridgehead atoms. The van der Waals surface area contributed by atoms with Gasteiger partial charge in [0.15, 0.2) is 0 Å². The fourth-order valence-electron chi connectivity index (χ4n) is 6.78. The van der Waals surface area contributed by atoms with Crippen molar-refractivity contribution in [2.24, 2.45) is 10.8 Å². The van der Waals surface area contributed by atoms with Gasteiger partial charge in [-0.1, -0.05) is 30.7 Å². The van der Waals surface area contributed by atoms with Gasteiger partial charge in [-0.25, -0.2) is 14.4 Å². The lowest BCUT2D eigenvalue weighted by atomic mass is 9.51. The van der Waals surface area contributed by atoms with Crippen LogP contribution in [0.25, 0.3) is 0 Å². The third-order valence-electron chi connectivity index (χ3n) is 9.01. The zero-order chi connectivity index (χ0) is 28.0. The van der Waals surface area contributed by atoms with Gasteiger partial charge in [0.05, 0.1) is 36.3 Å². The molecule has 2 saturated heterocycles. The number of hydrogen-bond acceptors (Lipinski definition) is 10. The van der Waals surface area contributed by atoms with Crippen LogP contribution < -0.4 is 0 Å². The summed E-state index contributed by atoms with van der Waals surface area (Å²) in [7, 11) is 0. The van der Waals surface area contributed by atoms with Crippen LogP contribution in [0.3, 0.4) is 0 Å². The monoisotopic (exact) mass is 542 g/mol. The van der Waals surface area contributed by atoms with E-state index < -0.39 is 58.6 Å². The number of carbonyl (C=O) groups excluding carboxylic acids is 4. The largest absolute Gasteiger partial charge is 0.462 e. The maximum absolute atomic E-state index is 13.0. The first-order chi connectivity index (χ1) is 18.5. The normalized spacial score (nSPS) is 43.2. The summed E-state index contributed by atoms with van der Waals surface area (Å²) in [6.45, 7) is 7.41. The van der Waals surface area contributed by atoms with Crippen molar-refractivity contribution >= 4 is 23.9 Å². The first-order valence-corrected chi connectivity index (χ1v) is 13.2. The molecule has 3 aliphatic heterocycles. The Morgan fingerprint density at radius 1 is 1.00 bits per heavy atom. The molecule has 1 saturated carbocycles. The summed E-state index contributed by atoms with van der Waals surface area (Å²) in [4.78, 5) is 49.8. The Bertz CT molecular complexity index is 1190. The fraction of sp³-hybridized carbons (Fsp3) is 0.586. The van der Waals surface area contributed by atoms with Crippen molar-refractivity contribution in [3.63, 3.8) is 0 Å². The molecule has 3 fully saturated rings. The van der Waals surface area contributed by atoms with E-state index in [-0.39, 0.29) is 19.3 Å². The molecule has 3 heterocycles. The highest BCUT2D eigenvalue weighted by Gasteiger charge is 2.83. The van der Waals surface area contributed by atoms with Crippen molar-refractivity contribution in [1.29, 1.82) is 0 Å². The van der Waals surface area contributed by atoms with E-state index in [4.69, 9.17) is 28.4 Å². The molecule has 10 nitrogen and oxygen atoms in total. The highest BCUT2D eigenvalue weighted by molar-refractivity contribution is 5.85. The van der Waals surface area contributed by atoms with Crippen LogP contribution in [0, 0.1) is 10.8 Å². The molecule has 5 rings (SSSR count). The quantitative estimate of drug-likeness (QED) is 0.211. The summed E-state index contributed by atoms with van der Waals surface area (Å²) in [5.41, 5.74) is -0.971. The molecule has 0 radical (unpaired) electrons. The predicted octanol–water partition coefficient (Wildman–Crippen LogP) is 2.66. The Balaban J connectivity index is 1.57. The lowest BCUT2D eigenvalue weighted by Crippen LogP contribution is -2.68. The molecular weight excluding hydrogens is 508 g/mol. The number of esters is 4. The Morgan fingerprint density at radius 2 is 1.72 bits per heavy atom. The van der Waals surface area contributed by atoms with Crippen LogP contribution in [0.5, 0.6) is 0 Å². The van der Waals surface area contributed by atoms with Gasteiger partial charge in [0.2, 0.25) is 0 Å². The van der Waals surface area contributed by atoms with Gasteiger partial charge in [0, 0.05) is 44.4 Å². The molecule has 2 aliphatic carbocycles. The minimum absolute atomic E-state index is 0.0717. The van der Waals surface area contributed by atoms with Gasteiger partial charge in [-0.05, 0) is 19.4 Å². The molecule has 210 valence electrons. The highest BCUT2D eigenvalue weighted by Crippen LogP contribution is 2.72. The molecule has 5 aliphatic rings. The fourth-order valence-corrected chi connectivity index (χ4v) is 6.78. The van der Waals surface area contributed by atoms with Crippen molar-refractivity contribution in [2.75, 3.05) is 19.8 Å². The van der Waals surface area contributed by atoms with Gasteiger partial charge in [0.25, 0.3) is 0 Å². The Labute approximate surface area is 226 Å². The second kappa shape index (κ2) is 10.1. The molecule has 0 aromatic heterocycles. The molecule has 2 spiro atoms. The van der Waals surface area contributed by atoms with Crippen LogP contribution in [0.2, 0.25) is 0 Å². The molecular formula is C29H34O10. The van der Waals surface area contributed by atoms with Crippen LogP contribution in [0.1, 0.15) is 47.0 Å². The van der Waals surface area contributed by atoms with E-state index in [1.54, 1.807) is 6.92 Å². The molecule has 7 atom stereocenters. The summed E-state index contributed by atoms with van der Waals surface area (Å²) < 4.78 is 35.4. The van der Waals surface area contributed by atoms with E-state index in [1.165, 1.54) is 37.3 Å². The SMILES string of the molecule is CC(=O)O[C@H]1C[C@@]23COC(=O)/C=C(\C)CCOC(=O)/C=C/C=C\C(=O)O[C@@H]4C[C@@H](O[C@@H]2C=C1C)C1(CO1)[C@]43C. The molecule has 0 N–H and O–H groups in total. The summed E-state index contributed by atoms with van der Waals surface area (Å²) in [6.07, 6.45) is 7.59. The van der Waals surface area contributed by atoms with E-state index in [2.05, 4.69) is 0 Å². The number of allylic oxidation sites excluding steroid dienone is 2. The van der Waals surface area contributed by atoms with Crippen molar-refractivity contribution in [1.82, 2.24) is 0 Å². The maximum Gasteiger partial charge on any atom is 0.331 e. The van der Waals surface area contributed by atoms with Crippen LogP contribution in [0.15, 0.2) is 47.6 Å². The predicted molar refractivity (Wildman–Crippen MR) is 135 cm³/mol. The van der Waals surface area contributed by atoms with E-state index in [0.717, 1.165) is 5.57 Å². The first-order valence-electron chi connectivity index (χ1n) is 13.2. The van der Waals surface area contributed by atoms with Crippen LogP contribution in [0.4, 0.5) is 0 Å². The smallest absolute Gasteiger partial charge is 0.331 e. The van der Waals surface area contributed by atoms with Gasteiger partial charge in [-0.15, -0.1) is 0 Å². The topological polar surface area (TPSA) is 127 Å². The van der Waals surface area contributed by atoms with Gasteiger partial charge in [0.1, 0.15) is 24.4 Å². The number of carbonyl (C=O) groups is 4. The van der Waals surface area contributed by atoms with Crippen LogP contribution in [-0.2, 0) is 47.6 Å². The zero-order valence-electron chi connectivity index (χ0n) is 22.6. The molecule has 0 aromatic rings. The molecule has 10 heteroatoms. The summed E-state index contributed by atoms with van der Waals surface area (Å²) >= 11 is 0. The highest BCUT2D eigenvalue weighted by atomic mass is 16.6. The van der Waals surface area contributed by atoms with Crippen molar-refractivity contribution in [3.05, 3.63) is 47.6 Å². The molecule has 0 aromatic carbocycles. The summed E-state index contributed by atoms with van der Waals surface area (Å²) in [5.74, 6) is -2.15. The van der Waals surface area contributed by atoms with Crippen molar-refractivity contribution in [3.8, 4) is 0 Å². The van der Waals surface area contributed by atoms with Crippen LogP contribution in [-0.4, -0.2) is 73.7 Å². The van der Waals surface area contributed by atoms with Crippen molar-refractivity contribution < 1.29 is 47.6 Å². The molecule has 1 unspecified atom stereocenters. The summed E-state index contributed by atoms with van der Waals surface area (Å²) in [5, 5.41) is 0. The average Bonchev–Trinajstić information content (AvgIpc) is 3.64. The molecule has 0 amide bonds. The van der Waals surface area contributed by atoms with Gasteiger partial charge in [-0.3, -0.25) is 4.79 Å². The maximum atomic E-state index is 13.0. The second-order valence-corrected chi connectivity index (χ2v) is 11.2. The van der Waals surface area contributed by atoms with E-state index >= 15 is 0 Å². The third kappa shape index (κ3) is 4.63. The number of ether oxygens (including phenoxy) is 6.